The Morgan fingerprint density at radius 2 is 2.13 bits per heavy atom. The van der Waals surface area contributed by atoms with E-state index in [9.17, 15) is 9.90 Å². The number of hydrogen-bond donors (Lipinski definition) is 2. The molecule has 0 fully saturated rings. The predicted molar refractivity (Wildman–Crippen MR) is 86.5 cm³/mol. The highest BCUT2D eigenvalue weighted by Crippen LogP contribution is 2.52. The van der Waals surface area contributed by atoms with Gasteiger partial charge >= 0.3 is 6.03 Å². The van der Waals surface area contributed by atoms with Gasteiger partial charge in [-0.05, 0) is 41.2 Å². The molecule has 3 N–H and O–H groups in total. The van der Waals surface area contributed by atoms with Crippen LogP contribution in [0.5, 0.6) is 11.5 Å². The molecule has 0 saturated heterocycles. The van der Waals surface area contributed by atoms with Gasteiger partial charge in [-0.1, -0.05) is 24.3 Å². The van der Waals surface area contributed by atoms with Gasteiger partial charge < -0.3 is 20.5 Å². The molecule has 5 nitrogen and oxygen atoms in total. The number of nitrogens with zero attached hydrogens (tertiary/aromatic N) is 1. The molecule has 0 spiro atoms. The van der Waals surface area contributed by atoms with Crippen molar-refractivity contribution in [3.63, 3.8) is 0 Å². The molecular weight excluding hydrogens is 292 g/mol. The maximum Gasteiger partial charge on any atom is 0.315 e. The lowest BCUT2D eigenvalue weighted by Gasteiger charge is -2.41. The number of primary amides is 1. The molecule has 2 aromatic carbocycles. The van der Waals surface area contributed by atoms with Gasteiger partial charge in [-0.3, -0.25) is 0 Å². The highest BCUT2D eigenvalue weighted by molar-refractivity contribution is 5.85. The summed E-state index contributed by atoms with van der Waals surface area (Å²) >= 11 is 0. The zero-order valence-corrected chi connectivity index (χ0v) is 12.9. The van der Waals surface area contributed by atoms with E-state index in [2.05, 4.69) is 6.07 Å². The number of fused-ring (bicyclic) bond motifs is 2. The average Bonchev–Trinajstić information content (AvgIpc) is 2.54. The third-order valence-electron chi connectivity index (χ3n) is 4.90. The molecular formula is C18H18N2O3. The molecule has 2 aromatic rings. The Balaban J connectivity index is 2.06. The van der Waals surface area contributed by atoms with Crippen molar-refractivity contribution in [3.8, 4) is 22.6 Å². The largest absolute Gasteiger partial charge is 0.504 e. The first kappa shape index (κ1) is 13.9. The molecule has 5 heteroatoms. The molecule has 1 aliphatic carbocycles. The van der Waals surface area contributed by atoms with Gasteiger partial charge in [0.15, 0.2) is 11.5 Å². The van der Waals surface area contributed by atoms with Gasteiger partial charge in [0.05, 0.1) is 13.2 Å². The second-order valence-corrected chi connectivity index (χ2v) is 6.04. The van der Waals surface area contributed by atoms with Crippen LogP contribution >= 0.6 is 0 Å². The van der Waals surface area contributed by atoms with E-state index in [1.165, 1.54) is 0 Å². The van der Waals surface area contributed by atoms with E-state index in [0.717, 1.165) is 34.2 Å². The number of phenolic OH excluding ortho intramolecular Hbond substituents is 1. The van der Waals surface area contributed by atoms with Crippen molar-refractivity contribution in [2.45, 2.75) is 18.9 Å². The molecule has 1 aliphatic heterocycles. The fraction of sp³-hybridized carbons (Fsp3) is 0.278. The molecule has 2 amide bonds. The van der Waals surface area contributed by atoms with Crippen molar-refractivity contribution in [2.75, 3.05) is 13.7 Å². The van der Waals surface area contributed by atoms with Crippen LogP contribution in [0.3, 0.4) is 0 Å². The lowest BCUT2D eigenvalue weighted by atomic mass is 9.76. The zero-order valence-electron chi connectivity index (χ0n) is 12.9. The molecule has 0 radical (unpaired) electrons. The van der Waals surface area contributed by atoms with E-state index in [0.29, 0.717) is 18.7 Å². The van der Waals surface area contributed by atoms with Crippen LogP contribution in [-0.2, 0) is 12.8 Å². The Bertz CT molecular complexity index is 816. The number of aromatic hydroxyl groups is 1. The standard InChI is InChI=1S/C18H18N2O3/c1-23-17-14(21)9-11-6-7-20(18(19)22)13-8-10-4-2-3-5-12(10)16(17)15(11)13/h2-5,9,13,21H,6-8H2,1H3,(H2,19,22). The van der Waals surface area contributed by atoms with E-state index >= 15 is 0 Å². The van der Waals surface area contributed by atoms with Crippen molar-refractivity contribution < 1.29 is 14.6 Å². The summed E-state index contributed by atoms with van der Waals surface area (Å²) in [6, 6.07) is 9.30. The minimum Gasteiger partial charge on any atom is -0.504 e. The Hall–Kier alpha value is -2.69. The second-order valence-electron chi connectivity index (χ2n) is 6.04. The highest BCUT2D eigenvalue weighted by atomic mass is 16.5. The van der Waals surface area contributed by atoms with Crippen molar-refractivity contribution >= 4 is 6.03 Å². The number of hydrogen-bond acceptors (Lipinski definition) is 3. The summed E-state index contributed by atoms with van der Waals surface area (Å²) in [4.78, 5) is 13.6. The van der Waals surface area contributed by atoms with Gasteiger partial charge in [0.2, 0.25) is 0 Å². The minimum atomic E-state index is -0.405. The molecule has 118 valence electrons. The van der Waals surface area contributed by atoms with Gasteiger partial charge in [0.25, 0.3) is 0 Å². The maximum atomic E-state index is 11.9. The molecule has 1 heterocycles. The zero-order chi connectivity index (χ0) is 16.1. The first-order valence-electron chi connectivity index (χ1n) is 7.69. The number of carbonyl (C=O) groups excluding carboxylic acids is 1. The van der Waals surface area contributed by atoms with E-state index in [4.69, 9.17) is 10.5 Å². The van der Waals surface area contributed by atoms with Gasteiger partial charge in [0.1, 0.15) is 0 Å². The van der Waals surface area contributed by atoms with E-state index in [1.54, 1.807) is 18.1 Å². The van der Waals surface area contributed by atoms with E-state index in [1.807, 2.05) is 18.2 Å². The number of ether oxygens (including phenoxy) is 1. The summed E-state index contributed by atoms with van der Waals surface area (Å²) < 4.78 is 5.48. The number of methoxy groups -OCH3 is 1. The van der Waals surface area contributed by atoms with Crippen LogP contribution in [0.4, 0.5) is 4.79 Å². The quantitative estimate of drug-likeness (QED) is 0.850. The number of urea groups is 1. The first-order chi connectivity index (χ1) is 11.1. The predicted octanol–water partition coefficient (Wildman–Crippen LogP) is 2.60. The monoisotopic (exact) mass is 310 g/mol. The fourth-order valence-electron chi connectivity index (χ4n) is 3.96. The van der Waals surface area contributed by atoms with Gasteiger partial charge in [-0.25, -0.2) is 4.79 Å². The molecule has 1 unspecified atom stereocenters. The van der Waals surface area contributed by atoms with E-state index in [-0.39, 0.29) is 11.8 Å². The number of rotatable bonds is 1. The van der Waals surface area contributed by atoms with Gasteiger partial charge in [-0.2, -0.15) is 0 Å². The smallest absolute Gasteiger partial charge is 0.315 e. The normalized spacial score (nSPS) is 18.1. The number of nitrogens with two attached hydrogens (primary N) is 1. The average molecular weight is 310 g/mol. The van der Waals surface area contributed by atoms with Crippen LogP contribution in [0.1, 0.15) is 22.7 Å². The van der Waals surface area contributed by atoms with Crippen molar-refractivity contribution in [1.82, 2.24) is 4.90 Å². The van der Waals surface area contributed by atoms with Crippen LogP contribution in [0.25, 0.3) is 11.1 Å². The summed E-state index contributed by atoms with van der Waals surface area (Å²) in [6.07, 6.45) is 1.41. The Kier molecular flexibility index (Phi) is 2.98. The lowest BCUT2D eigenvalue weighted by molar-refractivity contribution is 0.177. The molecule has 0 aromatic heterocycles. The Labute approximate surface area is 134 Å². The molecule has 0 saturated carbocycles. The highest BCUT2D eigenvalue weighted by Gasteiger charge is 2.38. The topological polar surface area (TPSA) is 75.8 Å². The molecule has 1 atom stereocenters. The van der Waals surface area contributed by atoms with Crippen molar-refractivity contribution in [2.24, 2.45) is 5.73 Å². The minimum absolute atomic E-state index is 0.101. The Morgan fingerprint density at radius 3 is 2.87 bits per heavy atom. The molecule has 23 heavy (non-hydrogen) atoms. The number of carbonyl (C=O) groups is 1. The fourth-order valence-corrected chi connectivity index (χ4v) is 3.96. The summed E-state index contributed by atoms with van der Waals surface area (Å²) in [6.45, 7) is 0.570. The molecule has 2 aliphatic rings. The number of amides is 2. The molecule has 0 bridgehead atoms. The second kappa shape index (κ2) is 4.91. The van der Waals surface area contributed by atoms with E-state index < -0.39 is 6.03 Å². The molecule has 4 rings (SSSR count). The van der Waals surface area contributed by atoms with Crippen molar-refractivity contribution in [3.05, 3.63) is 47.0 Å². The summed E-state index contributed by atoms with van der Waals surface area (Å²) in [5.74, 6) is 0.608. The van der Waals surface area contributed by atoms with Gasteiger partial charge in [-0.15, -0.1) is 0 Å². The van der Waals surface area contributed by atoms with Crippen LogP contribution in [0.15, 0.2) is 30.3 Å². The van der Waals surface area contributed by atoms with Crippen molar-refractivity contribution in [1.29, 1.82) is 0 Å². The van der Waals surface area contributed by atoms with Crippen LogP contribution < -0.4 is 10.5 Å². The summed E-state index contributed by atoms with van der Waals surface area (Å²) in [7, 11) is 1.55. The summed E-state index contributed by atoms with van der Waals surface area (Å²) in [5.41, 5.74) is 10.8. The third kappa shape index (κ3) is 1.89. The maximum absolute atomic E-state index is 11.9. The third-order valence-corrected chi connectivity index (χ3v) is 4.90. The number of benzene rings is 2. The van der Waals surface area contributed by atoms with Crippen LogP contribution in [-0.4, -0.2) is 29.7 Å². The van der Waals surface area contributed by atoms with Gasteiger partial charge in [0, 0.05) is 12.1 Å². The van der Waals surface area contributed by atoms with Crippen LogP contribution in [0.2, 0.25) is 0 Å². The SMILES string of the molecule is COc1c(O)cc2c3c1-c1ccccc1CC3N(C(N)=O)CC2. The number of phenols is 1. The lowest BCUT2D eigenvalue weighted by Crippen LogP contribution is -2.45. The van der Waals surface area contributed by atoms with Crippen LogP contribution in [0, 0.1) is 0 Å². The summed E-state index contributed by atoms with van der Waals surface area (Å²) in [5, 5.41) is 10.4. The first-order valence-corrected chi connectivity index (χ1v) is 7.69. The Morgan fingerprint density at radius 1 is 1.35 bits per heavy atom.